The molecule has 1 aliphatic rings. The third-order valence-corrected chi connectivity index (χ3v) is 4.11. The van der Waals surface area contributed by atoms with Gasteiger partial charge >= 0.3 is 5.97 Å². The van der Waals surface area contributed by atoms with Crippen LogP contribution in [0.5, 0.6) is 0 Å². The van der Waals surface area contributed by atoms with Gasteiger partial charge in [-0.05, 0) is 36.8 Å². The van der Waals surface area contributed by atoms with Gasteiger partial charge in [0.05, 0.1) is 5.56 Å². The standard InChI is InChI=1S/C17H14ClN3O4/c18-11-2-1-3-12(8-11)21-7-6-13(16(21)23)20-15(22)10-4-5-14(17(24)25)19-9-10/h1-5,8-9,13H,6-7H2,(H,20,22)(H,24,25)/t13-/m1/s1. The summed E-state index contributed by atoms with van der Waals surface area (Å²) in [7, 11) is 0. The van der Waals surface area contributed by atoms with Crippen LogP contribution < -0.4 is 10.2 Å². The van der Waals surface area contributed by atoms with Crippen molar-refractivity contribution in [2.75, 3.05) is 11.4 Å². The maximum Gasteiger partial charge on any atom is 0.354 e. The number of nitrogens with zero attached hydrogens (tertiary/aromatic N) is 2. The average molecular weight is 360 g/mol. The Morgan fingerprint density at radius 2 is 2.08 bits per heavy atom. The Bertz CT molecular complexity index is 838. The third-order valence-electron chi connectivity index (χ3n) is 3.88. The van der Waals surface area contributed by atoms with Crippen LogP contribution >= 0.6 is 11.6 Å². The van der Waals surface area contributed by atoms with Crippen molar-refractivity contribution >= 4 is 35.1 Å². The lowest BCUT2D eigenvalue weighted by molar-refractivity contribution is -0.118. The Balaban J connectivity index is 1.68. The SMILES string of the molecule is O=C(N[C@@H]1CCN(c2cccc(Cl)c2)C1=O)c1ccc(C(=O)O)nc1. The molecule has 2 amide bonds. The van der Waals surface area contributed by atoms with Gasteiger partial charge in [0, 0.05) is 23.5 Å². The van der Waals surface area contributed by atoms with Crippen LogP contribution in [-0.4, -0.2) is 40.5 Å². The van der Waals surface area contributed by atoms with E-state index in [1.54, 1.807) is 29.2 Å². The molecule has 0 saturated carbocycles. The van der Waals surface area contributed by atoms with E-state index in [1.165, 1.54) is 18.3 Å². The van der Waals surface area contributed by atoms with E-state index in [-0.39, 0.29) is 17.2 Å². The second-order valence-electron chi connectivity index (χ2n) is 5.52. The zero-order valence-corrected chi connectivity index (χ0v) is 13.7. The van der Waals surface area contributed by atoms with Crippen molar-refractivity contribution in [3.8, 4) is 0 Å². The van der Waals surface area contributed by atoms with Crippen molar-refractivity contribution < 1.29 is 19.5 Å². The number of aromatic carboxylic acids is 1. The third kappa shape index (κ3) is 3.61. The molecule has 2 N–H and O–H groups in total. The topological polar surface area (TPSA) is 99.6 Å². The summed E-state index contributed by atoms with van der Waals surface area (Å²) in [6.07, 6.45) is 1.64. The molecule has 1 aliphatic heterocycles. The van der Waals surface area contributed by atoms with Crippen LogP contribution in [0.25, 0.3) is 0 Å². The van der Waals surface area contributed by atoms with Gasteiger partial charge in [-0.25, -0.2) is 9.78 Å². The van der Waals surface area contributed by atoms with Crippen molar-refractivity contribution in [2.45, 2.75) is 12.5 Å². The molecular weight excluding hydrogens is 346 g/mol. The summed E-state index contributed by atoms with van der Waals surface area (Å²) in [6.45, 7) is 0.473. The number of carboxylic acid groups (broad SMARTS) is 1. The molecule has 0 bridgehead atoms. The number of benzene rings is 1. The zero-order chi connectivity index (χ0) is 18.0. The van der Waals surface area contributed by atoms with Gasteiger partial charge in [-0.15, -0.1) is 0 Å². The normalized spacial score (nSPS) is 16.8. The average Bonchev–Trinajstić information content (AvgIpc) is 2.95. The van der Waals surface area contributed by atoms with Crippen LogP contribution in [0.2, 0.25) is 5.02 Å². The number of rotatable bonds is 4. The lowest BCUT2D eigenvalue weighted by Crippen LogP contribution is -2.41. The number of carboxylic acids is 1. The van der Waals surface area contributed by atoms with E-state index >= 15 is 0 Å². The van der Waals surface area contributed by atoms with E-state index in [4.69, 9.17) is 16.7 Å². The second kappa shape index (κ2) is 6.90. The highest BCUT2D eigenvalue weighted by Gasteiger charge is 2.33. The first-order valence-electron chi connectivity index (χ1n) is 7.53. The molecule has 0 radical (unpaired) electrons. The molecule has 1 fully saturated rings. The largest absolute Gasteiger partial charge is 0.477 e. The second-order valence-corrected chi connectivity index (χ2v) is 5.96. The van der Waals surface area contributed by atoms with Crippen molar-refractivity contribution in [1.29, 1.82) is 0 Å². The van der Waals surface area contributed by atoms with Crippen molar-refractivity contribution in [3.63, 3.8) is 0 Å². The lowest BCUT2D eigenvalue weighted by Gasteiger charge is -2.17. The van der Waals surface area contributed by atoms with Gasteiger partial charge in [-0.3, -0.25) is 9.59 Å². The number of hydrogen-bond acceptors (Lipinski definition) is 4. The summed E-state index contributed by atoms with van der Waals surface area (Å²) in [5.41, 5.74) is 0.723. The number of aromatic nitrogens is 1. The Morgan fingerprint density at radius 1 is 1.28 bits per heavy atom. The van der Waals surface area contributed by atoms with Gasteiger partial charge < -0.3 is 15.3 Å². The smallest absolute Gasteiger partial charge is 0.354 e. The summed E-state index contributed by atoms with van der Waals surface area (Å²) in [6, 6.07) is 8.91. The summed E-state index contributed by atoms with van der Waals surface area (Å²) >= 11 is 5.95. The van der Waals surface area contributed by atoms with Gasteiger partial charge in [0.1, 0.15) is 11.7 Å². The van der Waals surface area contributed by atoms with E-state index in [0.717, 1.165) is 0 Å². The number of anilines is 1. The molecule has 1 aromatic heterocycles. The molecule has 0 unspecified atom stereocenters. The Kier molecular flexibility index (Phi) is 4.67. The predicted molar refractivity (Wildman–Crippen MR) is 90.9 cm³/mol. The van der Waals surface area contributed by atoms with E-state index in [1.807, 2.05) is 0 Å². The minimum absolute atomic E-state index is 0.152. The van der Waals surface area contributed by atoms with Crippen molar-refractivity contribution in [2.24, 2.45) is 0 Å². The number of amides is 2. The van der Waals surface area contributed by atoms with Crippen LogP contribution in [0.4, 0.5) is 5.69 Å². The quantitative estimate of drug-likeness (QED) is 0.869. The molecule has 128 valence electrons. The predicted octanol–water partition coefficient (Wildman–Crippen LogP) is 1.97. The fourth-order valence-corrected chi connectivity index (χ4v) is 2.80. The first-order valence-corrected chi connectivity index (χ1v) is 7.90. The maximum absolute atomic E-state index is 12.5. The summed E-state index contributed by atoms with van der Waals surface area (Å²) in [5.74, 6) is -1.86. The summed E-state index contributed by atoms with van der Waals surface area (Å²) in [4.78, 5) is 40.8. The van der Waals surface area contributed by atoms with E-state index in [2.05, 4.69) is 10.3 Å². The molecule has 8 heteroatoms. The van der Waals surface area contributed by atoms with Gasteiger partial charge in [-0.1, -0.05) is 17.7 Å². The molecule has 0 spiro atoms. The number of pyridine rings is 1. The number of halogens is 1. The van der Waals surface area contributed by atoms with Crippen molar-refractivity contribution in [1.82, 2.24) is 10.3 Å². The van der Waals surface area contributed by atoms with E-state index in [0.29, 0.717) is 23.7 Å². The van der Waals surface area contributed by atoms with E-state index < -0.39 is 17.9 Å². The molecule has 1 saturated heterocycles. The molecular formula is C17H14ClN3O4. The molecule has 7 nitrogen and oxygen atoms in total. The van der Waals surface area contributed by atoms with Gasteiger partial charge in [0.2, 0.25) is 5.91 Å². The Morgan fingerprint density at radius 3 is 2.72 bits per heavy atom. The highest BCUT2D eigenvalue weighted by Crippen LogP contribution is 2.24. The zero-order valence-electron chi connectivity index (χ0n) is 13.0. The number of nitrogens with one attached hydrogen (secondary N) is 1. The highest BCUT2D eigenvalue weighted by molar-refractivity contribution is 6.31. The lowest BCUT2D eigenvalue weighted by atomic mass is 10.2. The number of hydrogen-bond donors (Lipinski definition) is 2. The molecule has 0 aliphatic carbocycles. The van der Waals surface area contributed by atoms with Gasteiger partial charge in [0.25, 0.3) is 5.91 Å². The van der Waals surface area contributed by atoms with Crippen LogP contribution in [0, 0.1) is 0 Å². The molecule has 2 heterocycles. The van der Waals surface area contributed by atoms with E-state index in [9.17, 15) is 14.4 Å². The minimum Gasteiger partial charge on any atom is -0.477 e. The molecule has 3 rings (SSSR count). The fraction of sp³-hybridized carbons (Fsp3) is 0.176. The van der Waals surface area contributed by atoms with Gasteiger partial charge in [-0.2, -0.15) is 0 Å². The minimum atomic E-state index is -1.17. The number of carbonyl (C=O) groups excluding carboxylic acids is 2. The first-order chi connectivity index (χ1) is 12.0. The Labute approximate surface area is 148 Å². The molecule has 2 aromatic rings. The van der Waals surface area contributed by atoms with Crippen LogP contribution in [0.1, 0.15) is 27.3 Å². The van der Waals surface area contributed by atoms with Crippen LogP contribution in [-0.2, 0) is 4.79 Å². The first kappa shape index (κ1) is 16.9. The molecule has 1 aromatic carbocycles. The van der Waals surface area contributed by atoms with Crippen LogP contribution in [0.15, 0.2) is 42.6 Å². The summed E-state index contributed by atoms with van der Waals surface area (Å²) in [5, 5.41) is 12.0. The van der Waals surface area contributed by atoms with Crippen molar-refractivity contribution in [3.05, 3.63) is 58.9 Å². The Hall–Kier alpha value is -2.93. The monoisotopic (exact) mass is 359 g/mol. The van der Waals surface area contributed by atoms with Gasteiger partial charge in [0.15, 0.2) is 0 Å². The molecule has 1 atom stereocenters. The highest BCUT2D eigenvalue weighted by atomic mass is 35.5. The number of carbonyl (C=O) groups is 3. The summed E-state index contributed by atoms with van der Waals surface area (Å²) < 4.78 is 0. The van der Waals surface area contributed by atoms with Crippen LogP contribution in [0.3, 0.4) is 0 Å². The molecule has 25 heavy (non-hydrogen) atoms. The fourth-order valence-electron chi connectivity index (χ4n) is 2.61. The maximum atomic E-state index is 12.5.